The summed E-state index contributed by atoms with van der Waals surface area (Å²) >= 11 is 5.48. The van der Waals surface area contributed by atoms with Crippen LogP contribution in [-0.4, -0.2) is 17.8 Å². The summed E-state index contributed by atoms with van der Waals surface area (Å²) in [4.78, 5) is 11.3. The van der Waals surface area contributed by atoms with Gasteiger partial charge in [-0.15, -0.1) is 11.6 Å². The van der Waals surface area contributed by atoms with Crippen molar-refractivity contribution in [3.8, 4) is 5.75 Å². The minimum absolute atomic E-state index is 0.0177. The molecule has 0 aromatic heterocycles. The fourth-order valence-corrected chi connectivity index (χ4v) is 1.44. The van der Waals surface area contributed by atoms with Crippen molar-refractivity contribution in [2.45, 2.75) is 26.9 Å². The molecule has 0 atom stereocenters. The lowest BCUT2D eigenvalue weighted by Gasteiger charge is -2.12. The van der Waals surface area contributed by atoms with Crippen molar-refractivity contribution < 1.29 is 9.53 Å². The monoisotopic (exact) mass is 226 g/mol. The van der Waals surface area contributed by atoms with Gasteiger partial charge in [-0.2, -0.15) is 0 Å². The zero-order valence-electron chi connectivity index (χ0n) is 9.21. The normalized spacial score (nSPS) is 10.5. The van der Waals surface area contributed by atoms with Gasteiger partial charge in [0, 0.05) is 5.56 Å². The summed E-state index contributed by atoms with van der Waals surface area (Å²) in [6, 6.07) is 5.37. The van der Waals surface area contributed by atoms with E-state index in [9.17, 15) is 4.79 Å². The number of carbonyl (C=O) groups is 1. The Kier molecular flexibility index (Phi) is 4.15. The summed E-state index contributed by atoms with van der Waals surface area (Å²) in [6.07, 6.45) is 0.137. The molecule has 3 heteroatoms. The van der Waals surface area contributed by atoms with Crippen LogP contribution in [0.2, 0.25) is 0 Å². The summed E-state index contributed by atoms with van der Waals surface area (Å²) in [5.74, 6) is 0.774. The predicted octanol–water partition coefficient (Wildman–Crippen LogP) is 3.20. The number of carbonyl (C=O) groups excluding carboxylic acids is 1. The van der Waals surface area contributed by atoms with E-state index in [0.29, 0.717) is 5.56 Å². The Bertz CT molecular complexity index is 359. The molecule has 0 aliphatic rings. The quantitative estimate of drug-likeness (QED) is 0.582. The van der Waals surface area contributed by atoms with Gasteiger partial charge in [-0.05, 0) is 44.5 Å². The van der Waals surface area contributed by atoms with Gasteiger partial charge < -0.3 is 4.74 Å². The highest BCUT2D eigenvalue weighted by molar-refractivity contribution is 6.30. The summed E-state index contributed by atoms with van der Waals surface area (Å²) in [6.45, 7) is 5.86. The van der Waals surface area contributed by atoms with Crippen molar-refractivity contribution in [2.75, 3.05) is 5.88 Å². The average Bonchev–Trinajstić information content (AvgIpc) is 2.19. The Morgan fingerprint density at radius 3 is 2.60 bits per heavy atom. The number of hydrogen-bond acceptors (Lipinski definition) is 2. The van der Waals surface area contributed by atoms with Crippen LogP contribution >= 0.6 is 11.6 Å². The van der Waals surface area contributed by atoms with Crippen LogP contribution in [0.4, 0.5) is 0 Å². The fraction of sp³-hybridized carbons (Fsp3) is 0.417. The Hall–Kier alpha value is -1.02. The van der Waals surface area contributed by atoms with Gasteiger partial charge in [-0.25, -0.2) is 0 Å². The molecule has 15 heavy (non-hydrogen) atoms. The smallest absolute Gasteiger partial charge is 0.177 e. The Morgan fingerprint density at radius 1 is 1.47 bits per heavy atom. The van der Waals surface area contributed by atoms with Gasteiger partial charge in [0.2, 0.25) is 0 Å². The van der Waals surface area contributed by atoms with Gasteiger partial charge in [0.1, 0.15) is 5.75 Å². The highest BCUT2D eigenvalue weighted by Gasteiger charge is 2.07. The maximum atomic E-state index is 11.3. The van der Waals surface area contributed by atoms with Crippen molar-refractivity contribution in [2.24, 2.45) is 0 Å². The zero-order valence-corrected chi connectivity index (χ0v) is 9.97. The molecule has 0 spiro atoms. The number of aryl methyl sites for hydroxylation is 1. The van der Waals surface area contributed by atoms with E-state index in [1.807, 2.05) is 32.9 Å². The van der Waals surface area contributed by atoms with Crippen LogP contribution in [0.3, 0.4) is 0 Å². The number of rotatable bonds is 4. The summed E-state index contributed by atoms with van der Waals surface area (Å²) in [7, 11) is 0. The number of ketones is 1. The zero-order chi connectivity index (χ0) is 11.4. The van der Waals surface area contributed by atoms with E-state index in [4.69, 9.17) is 16.3 Å². The van der Waals surface area contributed by atoms with Gasteiger partial charge in [-0.3, -0.25) is 4.79 Å². The van der Waals surface area contributed by atoms with E-state index in [1.54, 1.807) is 6.07 Å². The van der Waals surface area contributed by atoms with Crippen LogP contribution in [0.1, 0.15) is 29.8 Å². The van der Waals surface area contributed by atoms with E-state index in [2.05, 4.69) is 0 Å². The Morgan fingerprint density at radius 2 is 2.13 bits per heavy atom. The topological polar surface area (TPSA) is 26.3 Å². The maximum absolute atomic E-state index is 11.3. The van der Waals surface area contributed by atoms with E-state index in [0.717, 1.165) is 11.3 Å². The van der Waals surface area contributed by atoms with Gasteiger partial charge in [0.05, 0.1) is 12.0 Å². The van der Waals surface area contributed by atoms with Crippen molar-refractivity contribution in [3.05, 3.63) is 29.3 Å². The van der Waals surface area contributed by atoms with E-state index >= 15 is 0 Å². The SMILES string of the molecule is Cc1cc(C(=O)CCl)ccc1OC(C)C. The molecule has 0 amide bonds. The van der Waals surface area contributed by atoms with Crippen LogP contribution in [-0.2, 0) is 0 Å². The van der Waals surface area contributed by atoms with E-state index in [-0.39, 0.29) is 17.8 Å². The lowest BCUT2D eigenvalue weighted by molar-refractivity contribution is 0.102. The minimum Gasteiger partial charge on any atom is -0.491 e. The molecule has 0 aliphatic heterocycles. The molecule has 0 aliphatic carbocycles. The van der Waals surface area contributed by atoms with Crippen molar-refractivity contribution in [1.82, 2.24) is 0 Å². The minimum atomic E-state index is -0.0594. The molecule has 0 saturated heterocycles. The first-order chi connectivity index (χ1) is 7.04. The van der Waals surface area contributed by atoms with E-state index < -0.39 is 0 Å². The van der Waals surface area contributed by atoms with Gasteiger partial charge in [-0.1, -0.05) is 0 Å². The lowest BCUT2D eigenvalue weighted by atomic mass is 10.1. The maximum Gasteiger partial charge on any atom is 0.177 e. The van der Waals surface area contributed by atoms with Crippen LogP contribution in [0.5, 0.6) is 5.75 Å². The van der Waals surface area contributed by atoms with Crippen LogP contribution in [0.15, 0.2) is 18.2 Å². The standard InChI is InChI=1S/C12H15ClO2/c1-8(2)15-12-5-4-10(6-9(12)3)11(14)7-13/h4-6,8H,7H2,1-3H3. The summed E-state index contributed by atoms with van der Waals surface area (Å²) in [5, 5.41) is 0. The third kappa shape index (κ3) is 3.24. The summed E-state index contributed by atoms with van der Waals surface area (Å²) in [5.41, 5.74) is 1.60. The molecule has 2 nitrogen and oxygen atoms in total. The average molecular weight is 227 g/mol. The molecule has 0 saturated carbocycles. The number of halogens is 1. The molecular formula is C12H15ClO2. The fourth-order valence-electron chi connectivity index (χ4n) is 1.29. The van der Waals surface area contributed by atoms with E-state index in [1.165, 1.54) is 0 Å². The molecule has 1 aromatic rings. The molecular weight excluding hydrogens is 212 g/mol. The third-order valence-corrected chi connectivity index (χ3v) is 2.22. The van der Waals surface area contributed by atoms with Crippen molar-refractivity contribution >= 4 is 17.4 Å². The molecule has 0 fully saturated rings. The van der Waals surface area contributed by atoms with Crippen molar-refractivity contribution in [1.29, 1.82) is 0 Å². The summed E-state index contributed by atoms with van der Waals surface area (Å²) < 4.78 is 5.57. The number of benzene rings is 1. The lowest BCUT2D eigenvalue weighted by Crippen LogP contribution is -2.07. The van der Waals surface area contributed by atoms with Gasteiger partial charge in [0.15, 0.2) is 5.78 Å². The van der Waals surface area contributed by atoms with Gasteiger partial charge >= 0.3 is 0 Å². The van der Waals surface area contributed by atoms with Crippen LogP contribution in [0, 0.1) is 6.92 Å². The number of ether oxygens (including phenoxy) is 1. The number of hydrogen-bond donors (Lipinski definition) is 0. The first kappa shape index (κ1) is 12.1. The van der Waals surface area contributed by atoms with Crippen LogP contribution in [0.25, 0.3) is 0 Å². The second-order valence-corrected chi connectivity index (χ2v) is 3.97. The molecule has 0 unspecified atom stereocenters. The first-order valence-corrected chi connectivity index (χ1v) is 5.44. The molecule has 0 bridgehead atoms. The molecule has 1 aromatic carbocycles. The predicted molar refractivity (Wildman–Crippen MR) is 62.0 cm³/mol. The molecule has 0 radical (unpaired) electrons. The highest BCUT2D eigenvalue weighted by Crippen LogP contribution is 2.20. The molecule has 1 rings (SSSR count). The number of Topliss-reactive ketones (excluding diaryl/α,β-unsaturated/α-hetero) is 1. The molecule has 0 heterocycles. The second kappa shape index (κ2) is 5.17. The molecule has 82 valence electrons. The van der Waals surface area contributed by atoms with Crippen molar-refractivity contribution in [3.63, 3.8) is 0 Å². The third-order valence-electron chi connectivity index (χ3n) is 1.98. The first-order valence-electron chi connectivity index (χ1n) is 4.91. The second-order valence-electron chi connectivity index (χ2n) is 3.70. The molecule has 0 N–H and O–H groups in total. The van der Waals surface area contributed by atoms with Gasteiger partial charge in [0.25, 0.3) is 0 Å². The van der Waals surface area contributed by atoms with Crippen LogP contribution < -0.4 is 4.74 Å². The largest absolute Gasteiger partial charge is 0.491 e. The Labute approximate surface area is 95.2 Å². The Balaban J connectivity index is 2.93. The number of alkyl halides is 1. The highest BCUT2D eigenvalue weighted by atomic mass is 35.5.